The van der Waals surface area contributed by atoms with Crippen molar-refractivity contribution in [3.8, 4) is 0 Å². The third kappa shape index (κ3) is 4.78. The van der Waals surface area contributed by atoms with Crippen molar-refractivity contribution < 1.29 is 30.9 Å². The monoisotopic (exact) mass is 406 g/mol. The summed E-state index contributed by atoms with van der Waals surface area (Å²) in [7, 11) is -4.63. The van der Waals surface area contributed by atoms with Gasteiger partial charge in [0.2, 0.25) is 5.83 Å². The molecule has 9 heteroatoms. The van der Waals surface area contributed by atoms with E-state index < -0.39 is 34.2 Å². The average Bonchev–Trinajstić information content (AvgIpc) is 2.59. The molecular formula is C17H14ClF3O4S. The number of allylic oxidation sites excluding steroid dienone is 1. The predicted octanol–water partition coefficient (Wildman–Crippen LogP) is 4.53. The summed E-state index contributed by atoms with van der Waals surface area (Å²) in [6.07, 6.45) is -5.73. The van der Waals surface area contributed by atoms with Gasteiger partial charge >= 0.3 is 10.1 Å². The highest BCUT2D eigenvalue weighted by Gasteiger charge is 2.31. The predicted molar refractivity (Wildman–Crippen MR) is 90.0 cm³/mol. The molecule has 1 N–H and O–H groups in total. The van der Waals surface area contributed by atoms with Crippen molar-refractivity contribution in [2.75, 3.05) is 0 Å². The number of aryl methyl sites for hydroxylation is 1. The van der Waals surface area contributed by atoms with Crippen LogP contribution in [0.2, 0.25) is 5.02 Å². The molecule has 0 aliphatic heterocycles. The zero-order chi connectivity index (χ0) is 19.5. The molecule has 0 aromatic heterocycles. The first-order chi connectivity index (χ1) is 12.1. The highest BCUT2D eigenvalue weighted by atomic mass is 35.5. The smallest absolute Gasteiger partial charge is 0.339 e. The highest BCUT2D eigenvalue weighted by molar-refractivity contribution is 7.86. The number of halogens is 4. The average molecular weight is 407 g/mol. The number of alkyl halides is 2. The second kappa shape index (κ2) is 8.11. The van der Waals surface area contributed by atoms with Gasteiger partial charge in [-0.3, -0.25) is 0 Å². The van der Waals surface area contributed by atoms with E-state index in [0.29, 0.717) is 0 Å². The number of aliphatic hydroxyl groups is 1. The topological polar surface area (TPSA) is 63.6 Å². The van der Waals surface area contributed by atoms with Crippen LogP contribution in [0.1, 0.15) is 17.2 Å². The van der Waals surface area contributed by atoms with Crippen LogP contribution in [-0.2, 0) is 14.3 Å². The van der Waals surface area contributed by atoms with E-state index >= 15 is 0 Å². The maximum absolute atomic E-state index is 13.9. The lowest BCUT2D eigenvalue weighted by molar-refractivity contribution is 0.118. The SMILES string of the molecule is Cc1ccc(S(=O)(=O)O/C(=C(\F)C(F)F)C(O)c2ccc(Cl)cc2)cc1. The number of rotatable bonds is 6. The van der Waals surface area contributed by atoms with E-state index in [4.69, 9.17) is 11.6 Å². The van der Waals surface area contributed by atoms with Crippen LogP contribution in [0.4, 0.5) is 13.2 Å². The Balaban J connectivity index is 2.44. The van der Waals surface area contributed by atoms with E-state index in [0.717, 1.165) is 5.56 Å². The molecule has 0 bridgehead atoms. The van der Waals surface area contributed by atoms with Crippen molar-refractivity contribution in [1.82, 2.24) is 0 Å². The van der Waals surface area contributed by atoms with E-state index in [-0.39, 0.29) is 15.5 Å². The molecule has 0 heterocycles. The molecule has 2 aromatic rings. The summed E-state index contributed by atoms with van der Waals surface area (Å²) in [5.41, 5.74) is 0.680. The van der Waals surface area contributed by atoms with Crippen LogP contribution < -0.4 is 0 Å². The molecule has 1 unspecified atom stereocenters. The van der Waals surface area contributed by atoms with Crippen LogP contribution >= 0.6 is 11.6 Å². The number of hydrogen-bond donors (Lipinski definition) is 1. The van der Waals surface area contributed by atoms with E-state index in [1.807, 2.05) is 0 Å². The van der Waals surface area contributed by atoms with Crippen molar-refractivity contribution in [2.45, 2.75) is 24.3 Å². The summed E-state index contributed by atoms with van der Waals surface area (Å²) >= 11 is 5.69. The fourth-order valence-corrected chi connectivity index (χ4v) is 3.09. The molecule has 140 valence electrons. The van der Waals surface area contributed by atoms with Gasteiger partial charge in [-0.25, -0.2) is 13.2 Å². The summed E-state index contributed by atoms with van der Waals surface area (Å²) in [6.45, 7) is 1.71. The first kappa shape index (κ1) is 20.3. The van der Waals surface area contributed by atoms with Crippen molar-refractivity contribution in [2.24, 2.45) is 0 Å². The number of hydrogen-bond acceptors (Lipinski definition) is 4. The first-order valence-corrected chi connectivity index (χ1v) is 9.03. The Labute approximate surface area is 153 Å². The van der Waals surface area contributed by atoms with Gasteiger partial charge in [0.05, 0.1) is 0 Å². The molecule has 0 radical (unpaired) electrons. The lowest BCUT2D eigenvalue weighted by Crippen LogP contribution is -2.15. The maximum atomic E-state index is 13.9. The molecular weight excluding hydrogens is 393 g/mol. The second-order valence-corrected chi connectivity index (χ2v) is 7.30. The van der Waals surface area contributed by atoms with E-state index in [1.54, 1.807) is 6.92 Å². The summed E-state index contributed by atoms with van der Waals surface area (Å²) in [4.78, 5) is -0.369. The molecule has 4 nitrogen and oxygen atoms in total. The maximum Gasteiger partial charge on any atom is 0.339 e. The third-order valence-electron chi connectivity index (χ3n) is 3.37. The molecule has 26 heavy (non-hydrogen) atoms. The Morgan fingerprint density at radius 3 is 2.12 bits per heavy atom. The summed E-state index contributed by atoms with van der Waals surface area (Å²) in [6, 6.07) is 10.4. The van der Waals surface area contributed by atoms with Gasteiger partial charge in [0.1, 0.15) is 11.0 Å². The lowest BCUT2D eigenvalue weighted by atomic mass is 10.1. The van der Waals surface area contributed by atoms with Crippen molar-refractivity contribution in [3.05, 3.63) is 76.3 Å². The van der Waals surface area contributed by atoms with Gasteiger partial charge < -0.3 is 9.29 Å². The molecule has 0 aliphatic carbocycles. The molecule has 0 amide bonds. The molecule has 0 saturated carbocycles. The fourth-order valence-electron chi connectivity index (χ4n) is 1.99. The molecule has 2 aromatic carbocycles. The largest absolute Gasteiger partial charge is 0.380 e. The fraction of sp³-hybridized carbons (Fsp3) is 0.176. The minimum atomic E-state index is -4.63. The minimum Gasteiger partial charge on any atom is -0.380 e. The zero-order valence-electron chi connectivity index (χ0n) is 13.4. The Morgan fingerprint density at radius 1 is 1.08 bits per heavy atom. The third-order valence-corrected chi connectivity index (χ3v) is 4.87. The number of aliphatic hydroxyl groups excluding tert-OH is 1. The van der Waals surface area contributed by atoms with Gasteiger partial charge in [0.25, 0.3) is 6.43 Å². The Hall–Kier alpha value is -2.03. The molecule has 0 spiro atoms. The quantitative estimate of drug-likeness (QED) is 0.565. The summed E-state index contributed by atoms with van der Waals surface area (Å²) in [5, 5.41) is 10.5. The first-order valence-electron chi connectivity index (χ1n) is 7.24. The normalized spacial score (nSPS) is 14.1. The Morgan fingerprint density at radius 2 is 1.62 bits per heavy atom. The van der Waals surface area contributed by atoms with E-state index in [1.165, 1.54) is 48.5 Å². The Bertz CT molecular complexity index is 895. The molecule has 0 saturated heterocycles. The van der Waals surface area contributed by atoms with Crippen LogP contribution in [0.15, 0.2) is 65.0 Å². The second-order valence-electron chi connectivity index (χ2n) is 5.32. The van der Waals surface area contributed by atoms with Crippen molar-refractivity contribution >= 4 is 21.7 Å². The summed E-state index contributed by atoms with van der Waals surface area (Å²) in [5.74, 6) is -3.58. The van der Waals surface area contributed by atoms with Crippen LogP contribution in [0.5, 0.6) is 0 Å². The van der Waals surface area contributed by atoms with Crippen LogP contribution in [-0.4, -0.2) is 19.9 Å². The van der Waals surface area contributed by atoms with Crippen molar-refractivity contribution in [3.63, 3.8) is 0 Å². The van der Waals surface area contributed by atoms with Crippen LogP contribution in [0.25, 0.3) is 0 Å². The Kier molecular flexibility index (Phi) is 6.33. The highest BCUT2D eigenvalue weighted by Crippen LogP contribution is 2.32. The van der Waals surface area contributed by atoms with Crippen LogP contribution in [0.3, 0.4) is 0 Å². The molecule has 2 rings (SSSR count). The van der Waals surface area contributed by atoms with Gasteiger partial charge in [-0.05, 0) is 36.8 Å². The minimum absolute atomic E-state index is 0.0701. The summed E-state index contributed by atoms with van der Waals surface area (Å²) < 4.78 is 68.6. The van der Waals surface area contributed by atoms with E-state index in [9.17, 15) is 26.7 Å². The van der Waals surface area contributed by atoms with Gasteiger partial charge in [-0.15, -0.1) is 0 Å². The lowest BCUT2D eigenvalue weighted by Gasteiger charge is -2.17. The molecule has 0 fully saturated rings. The van der Waals surface area contributed by atoms with Gasteiger partial charge in [-0.2, -0.15) is 8.42 Å². The van der Waals surface area contributed by atoms with Gasteiger partial charge in [0, 0.05) is 5.02 Å². The van der Waals surface area contributed by atoms with Gasteiger partial charge in [0.15, 0.2) is 5.76 Å². The molecule has 0 aliphatic rings. The number of benzene rings is 2. The van der Waals surface area contributed by atoms with Crippen LogP contribution in [0, 0.1) is 6.92 Å². The zero-order valence-corrected chi connectivity index (χ0v) is 14.9. The molecule has 1 atom stereocenters. The standard InChI is InChI=1S/C17H14ClF3O4S/c1-10-2-8-13(9-3-10)26(23,24)25-16(14(19)17(20)21)15(22)11-4-6-12(18)7-5-11/h2-9,15,17,22H,1H3/b16-14-. The van der Waals surface area contributed by atoms with Crippen molar-refractivity contribution in [1.29, 1.82) is 0 Å². The van der Waals surface area contributed by atoms with E-state index in [2.05, 4.69) is 4.18 Å². The van der Waals surface area contributed by atoms with Gasteiger partial charge in [-0.1, -0.05) is 41.4 Å².